The fourth-order valence-corrected chi connectivity index (χ4v) is 2.53. The minimum absolute atomic E-state index is 0.522. The topological polar surface area (TPSA) is 208 Å². The minimum atomic E-state index is -1.66. The van der Waals surface area contributed by atoms with Crippen molar-refractivity contribution in [3.63, 3.8) is 0 Å². The molecule has 13 nitrogen and oxygen atoms in total. The van der Waals surface area contributed by atoms with E-state index in [1.54, 1.807) is 0 Å². The van der Waals surface area contributed by atoms with Crippen LogP contribution in [-0.2, 0) is 19.1 Å². The number of rotatable bonds is 7. The summed E-state index contributed by atoms with van der Waals surface area (Å²) in [5.41, 5.74) is 5.33. The monoisotopic (exact) mass is 401 g/mol. The Kier molecular flexibility index (Phi) is 8.07. The average Bonchev–Trinajstić information content (AvgIpc) is 2.59. The third-order valence-corrected chi connectivity index (χ3v) is 3.73. The molecule has 0 saturated carbocycles. The Hall–Kier alpha value is -3.00. The molecule has 8 N–H and O–H groups in total. The maximum Gasteiger partial charge on any atom is 0.397 e. The Morgan fingerprint density at radius 3 is 2.50 bits per heavy atom. The number of aliphatic hydroxyl groups is 2. The van der Waals surface area contributed by atoms with Crippen molar-refractivity contribution in [2.75, 3.05) is 13.7 Å². The first-order valence-electron chi connectivity index (χ1n) is 8.14. The van der Waals surface area contributed by atoms with Gasteiger partial charge in [0.25, 0.3) is 0 Å². The van der Waals surface area contributed by atoms with E-state index in [1.165, 1.54) is 22.0 Å². The second-order valence-corrected chi connectivity index (χ2v) is 6.22. The number of guanidine groups is 1. The molecule has 0 aliphatic carbocycles. The van der Waals surface area contributed by atoms with Crippen LogP contribution in [0.1, 0.15) is 6.92 Å². The highest BCUT2D eigenvalue weighted by Crippen LogP contribution is 2.25. The first kappa shape index (κ1) is 23.0. The number of nitrogens with zero attached hydrogens (tertiary/aromatic N) is 1. The molecule has 5 atom stereocenters. The summed E-state index contributed by atoms with van der Waals surface area (Å²) in [5.74, 6) is -3.12. The maximum atomic E-state index is 12.0. The van der Waals surface area contributed by atoms with E-state index in [9.17, 15) is 29.7 Å². The third-order valence-electron chi connectivity index (χ3n) is 3.73. The van der Waals surface area contributed by atoms with Crippen LogP contribution in [0.25, 0.3) is 0 Å². The number of carbonyl (C=O) groups excluding carboxylic acids is 2. The molecule has 28 heavy (non-hydrogen) atoms. The molecule has 1 aliphatic heterocycles. The van der Waals surface area contributed by atoms with Gasteiger partial charge in [-0.1, -0.05) is 0 Å². The van der Waals surface area contributed by atoms with Crippen LogP contribution < -0.4 is 16.4 Å². The molecule has 2 amide bonds. The van der Waals surface area contributed by atoms with Crippen molar-refractivity contribution >= 4 is 31.9 Å². The zero-order valence-corrected chi connectivity index (χ0v) is 15.6. The normalized spacial score (nSPS) is 23.3. The summed E-state index contributed by atoms with van der Waals surface area (Å²) in [6.07, 6.45) is -4.46. The number of ether oxygens (including phenoxy) is 2. The van der Waals surface area contributed by atoms with E-state index in [4.69, 9.17) is 20.6 Å². The molecule has 0 bridgehead atoms. The quantitative estimate of drug-likeness (QED) is 0.125. The van der Waals surface area contributed by atoms with E-state index in [0.717, 1.165) is 10.9 Å². The van der Waals surface area contributed by atoms with E-state index in [1.807, 2.05) is 0 Å². The van der Waals surface area contributed by atoms with Crippen molar-refractivity contribution in [2.24, 2.45) is 5.73 Å². The molecule has 1 heterocycles. The van der Waals surface area contributed by atoms with Crippen molar-refractivity contribution in [3.8, 4) is 0 Å². The lowest BCUT2D eigenvalue weighted by Crippen LogP contribution is -2.65. The molecule has 14 heteroatoms. The SMILES string of the molecule is BN(C)C(=O)O[C@@H]([C@@H]1OC(C(=O)O)=C[C@H](NC(=N)N)[C@H]1NC(C)=O)[C@H](O)CO. The number of aliphatic hydroxyl groups excluding tert-OH is 2. The summed E-state index contributed by atoms with van der Waals surface area (Å²) in [4.78, 5) is 36.1. The Labute approximate surface area is 161 Å². The summed E-state index contributed by atoms with van der Waals surface area (Å²) in [6.45, 7) is 0.344. The maximum absolute atomic E-state index is 12.0. The zero-order valence-electron chi connectivity index (χ0n) is 15.6. The Morgan fingerprint density at radius 2 is 2.07 bits per heavy atom. The first-order chi connectivity index (χ1) is 13.0. The summed E-state index contributed by atoms with van der Waals surface area (Å²) < 4.78 is 10.5. The minimum Gasteiger partial charge on any atom is -0.477 e. The largest absolute Gasteiger partial charge is 0.477 e. The van der Waals surface area contributed by atoms with Gasteiger partial charge in [-0.05, 0) is 13.1 Å². The number of nitrogens with one attached hydrogen (secondary N) is 3. The number of hydrogen-bond donors (Lipinski definition) is 7. The van der Waals surface area contributed by atoms with Gasteiger partial charge in [0.2, 0.25) is 19.6 Å². The van der Waals surface area contributed by atoms with E-state index in [2.05, 4.69) is 10.6 Å². The average molecular weight is 401 g/mol. The van der Waals surface area contributed by atoms with E-state index >= 15 is 0 Å². The van der Waals surface area contributed by atoms with Crippen LogP contribution in [0, 0.1) is 5.41 Å². The Balaban J connectivity index is 3.40. The summed E-state index contributed by atoms with van der Waals surface area (Å²) in [7, 11) is 2.75. The van der Waals surface area contributed by atoms with Crippen LogP contribution in [-0.4, -0.2) is 96.1 Å². The number of carboxylic acids is 1. The smallest absolute Gasteiger partial charge is 0.397 e. The van der Waals surface area contributed by atoms with Crippen LogP contribution in [0.3, 0.4) is 0 Å². The molecule has 1 rings (SSSR count). The third kappa shape index (κ3) is 6.02. The number of carboxylic acid groups (broad SMARTS) is 1. The number of carbonyl (C=O) groups is 3. The standard InChI is InChI=1S/C14H24BN5O8/c1-5(22)18-9-6(19-13(16)17)3-8(12(24)25)27-11(9)10(7(23)4-21)28-14(26)20(2)15/h3,6-7,9-11,21,23H,4,15H2,1-2H3,(H,18,22)(H,24,25)(H4,16,17,19)/t6-,7+,9+,10+,11+/m0/s1. The lowest BCUT2D eigenvalue weighted by molar-refractivity contribution is -0.146. The number of aliphatic carboxylic acids is 1. The van der Waals surface area contributed by atoms with Gasteiger partial charge >= 0.3 is 12.1 Å². The van der Waals surface area contributed by atoms with Gasteiger partial charge in [0.05, 0.1) is 18.7 Å². The number of amides is 2. The lowest BCUT2D eigenvalue weighted by atomic mass is 9.91. The molecule has 0 radical (unpaired) electrons. The molecule has 0 spiro atoms. The molecule has 0 unspecified atom stereocenters. The van der Waals surface area contributed by atoms with E-state index in [-0.39, 0.29) is 0 Å². The zero-order chi connectivity index (χ0) is 21.6. The van der Waals surface area contributed by atoms with E-state index in [0.29, 0.717) is 0 Å². The molecule has 0 aromatic carbocycles. The van der Waals surface area contributed by atoms with Crippen molar-refractivity contribution in [3.05, 3.63) is 11.8 Å². The van der Waals surface area contributed by atoms with E-state index < -0.39 is 66.7 Å². The van der Waals surface area contributed by atoms with Crippen LogP contribution in [0.5, 0.6) is 0 Å². The van der Waals surface area contributed by atoms with Gasteiger partial charge in [-0.3, -0.25) is 10.2 Å². The van der Waals surface area contributed by atoms with Gasteiger partial charge in [-0.25, -0.2) is 9.59 Å². The number of nitrogens with two attached hydrogens (primary N) is 1. The van der Waals surface area contributed by atoms with Gasteiger partial charge in [-0.2, -0.15) is 0 Å². The molecule has 0 aromatic heterocycles. The van der Waals surface area contributed by atoms with Crippen LogP contribution in [0.15, 0.2) is 11.8 Å². The van der Waals surface area contributed by atoms with Gasteiger partial charge in [0, 0.05) is 6.92 Å². The van der Waals surface area contributed by atoms with Crippen molar-refractivity contribution in [2.45, 2.75) is 37.3 Å². The van der Waals surface area contributed by atoms with Crippen LogP contribution >= 0.6 is 0 Å². The van der Waals surface area contributed by atoms with Gasteiger partial charge < -0.3 is 46.0 Å². The molecular formula is C14H24BN5O8. The first-order valence-corrected chi connectivity index (χ1v) is 8.14. The van der Waals surface area contributed by atoms with Gasteiger partial charge in [-0.15, -0.1) is 0 Å². The van der Waals surface area contributed by atoms with Crippen LogP contribution in [0.2, 0.25) is 0 Å². The lowest BCUT2D eigenvalue weighted by Gasteiger charge is -2.41. The highest BCUT2D eigenvalue weighted by Gasteiger charge is 2.46. The molecule has 0 aromatic rings. The predicted molar refractivity (Wildman–Crippen MR) is 96.7 cm³/mol. The van der Waals surface area contributed by atoms with Gasteiger partial charge in [0.15, 0.2) is 18.2 Å². The molecular weight excluding hydrogens is 377 g/mol. The molecule has 0 fully saturated rings. The molecule has 0 saturated heterocycles. The predicted octanol–water partition coefficient (Wildman–Crippen LogP) is -3.95. The molecule has 156 valence electrons. The second kappa shape index (κ2) is 9.80. The van der Waals surface area contributed by atoms with Crippen molar-refractivity contribution in [1.29, 1.82) is 5.41 Å². The second-order valence-electron chi connectivity index (χ2n) is 6.22. The fraction of sp³-hybridized carbons (Fsp3) is 0.571. The molecule has 1 aliphatic rings. The van der Waals surface area contributed by atoms with Crippen LogP contribution in [0.4, 0.5) is 4.79 Å². The van der Waals surface area contributed by atoms with Gasteiger partial charge in [0.1, 0.15) is 6.10 Å². The summed E-state index contributed by atoms with van der Waals surface area (Å²) in [6, 6.07) is -2.15. The van der Waals surface area contributed by atoms with Crippen molar-refractivity contribution < 1.29 is 39.2 Å². The fourth-order valence-electron chi connectivity index (χ4n) is 2.53. The number of hydrogen-bond acceptors (Lipinski definition) is 8. The van der Waals surface area contributed by atoms with Crippen molar-refractivity contribution in [1.82, 2.24) is 15.4 Å². The Bertz CT molecular complexity index is 658. The summed E-state index contributed by atoms with van der Waals surface area (Å²) >= 11 is 0. The summed E-state index contributed by atoms with van der Waals surface area (Å²) in [5, 5.41) is 41.2. The highest BCUT2D eigenvalue weighted by atomic mass is 16.6. The highest BCUT2D eigenvalue weighted by molar-refractivity contribution is 6.12. The Morgan fingerprint density at radius 1 is 1.46 bits per heavy atom.